The molecule has 13 nitrogen and oxygen atoms in total. The summed E-state index contributed by atoms with van der Waals surface area (Å²) in [5.74, 6) is 0. The molecule has 0 amide bonds. The van der Waals surface area contributed by atoms with Gasteiger partial charge in [-0.05, 0) is 0 Å². The van der Waals surface area contributed by atoms with E-state index in [-0.39, 0.29) is 396 Å². The molecule has 0 aromatic rings. The van der Waals surface area contributed by atoms with Gasteiger partial charge in [0.15, 0.2) is 0 Å². The summed E-state index contributed by atoms with van der Waals surface area (Å²) in [6, 6.07) is 0. The molecule has 0 aromatic carbocycles. The van der Waals surface area contributed by atoms with Gasteiger partial charge in [0.1, 0.15) is 0 Å². The Labute approximate surface area is 385 Å². The Kier molecular flexibility index (Phi) is 4720. The van der Waals surface area contributed by atoms with Gasteiger partial charge in [-0.1, -0.05) is 0 Å². The van der Waals surface area contributed by atoms with Crippen LogP contribution in [0.5, 0.6) is 0 Å². The van der Waals surface area contributed by atoms with Crippen molar-refractivity contribution in [1.82, 2.24) is 0 Å². The molecule has 24 heavy (non-hydrogen) atoms. The first-order chi connectivity index (χ1) is 0. The average Bonchev–Trinajstić information content (AvgIpc) is 0. The van der Waals surface area contributed by atoms with Gasteiger partial charge in [-0.25, -0.2) is 0 Å². The second-order valence-electron chi connectivity index (χ2n) is 0. The molecule has 126 valence electrons. The van der Waals surface area contributed by atoms with E-state index >= 15 is 0 Å². The van der Waals surface area contributed by atoms with Gasteiger partial charge in [0.2, 0.25) is 0 Å². The van der Waals surface area contributed by atoms with E-state index in [2.05, 4.69) is 0 Å². The maximum atomic E-state index is 0. The molecular formula is H37Na11O13. The summed E-state index contributed by atoms with van der Waals surface area (Å²) in [6.45, 7) is 0. The molecule has 24 heteroatoms. The topological polar surface area (TPSA) is 410 Å². The monoisotopic (exact) mass is 498 g/mol. The van der Waals surface area contributed by atoms with Crippen LogP contribution in [-0.4, -0.2) is 396 Å². The van der Waals surface area contributed by atoms with Crippen molar-refractivity contribution in [3.63, 3.8) is 0 Å². The predicted molar refractivity (Wildman–Crippen MR) is 126 cm³/mol. The van der Waals surface area contributed by atoms with Gasteiger partial charge in [0.25, 0.3) is 0 Å². The Morgan fingerprint density at radius 1 is 0.0833 bits per heavy atom. The number of hydrogen-bond acceptors (Lipinski definition) is 0. The maximum absolute atomic E-state index is 0. The SMILES string of the molecule is O.O.O.O.O.O.O.O.O.O.O.O.O.[NaH].[NaH].[NaH].[NaH].[NaH].[NaH].[NaH].[NaH].[NaH].[NaH].[NaH]. The van der Waals surface area contributed by atoms with E-state index < -0.39 is 0 Å². The first-order valence-electron chi connectivity index (χ1n) is 0. The third-order valence-electron chi connectivity index (χ3n) is 0. The number of rotatable bonds is 0. The van der Waals surface area contributed by atoms with Gasteiger partial charge in [-0.15, -0.1) is 0 Å². The van der Waals surface area contributed by atoms with Gasteiger partial charge in [0, 0.05) is 0 Å². The van der Waals surface area contributed by atoms with Crippen molar-refractivity contribution < 1.29 is 71.2 Å². The van der Waals surface area contributed by atoms with Crippen molar-refractivity contribution in [2.75, 3.05) is 0 Å². The summed E-state index contributed by atoms with van der Waals surface area (Å²) in [6.07, 6.45) is 0. The molecule has 0 aromatic heterocycles. The quantitative estimate of drug-likeness (QED) is 0.281. The normalized spacial score (nSPS) is 0. The fraction of sp³-hybridized carbons (Fsp3) is 0. The molecule has 0 bridgehead atoms. The van der Waals surface area contributed by atoms with Crippen molar-refractivity contribution >= 4 is 325 Å². The molecule has 0 fully saturated rings. The summed E-state index contributed by atoms with van der Waals surface area (Å²) >= 11 is 0. The van der Waals surface area contributed by atoms with E-state index in [1.165, 1.54) is 0 Å². The zero-order valence-corrected chi connectivity index (χ0v) is 6.50. The van der Waals surface area contributed by atoms with Crippen LogP contribution in [0.1, 0.15) is 0 Å². The fourth-order valence-electron chi connectivity index (χ4n) is 0. The third kappa shape index (κ3) is 293. The average molecular weight is 498 g/mol. The predicted octanol–water partition coefficient (Wildman–Crippen LogP) is -17.9. The van der Waals surface area contributed by atoms with Crippen molar-refractivity contribution in [2.24, 2.45) is 0 Å². The van der Waals surface area contributed by atoms with Gasteiger partial charge in [-0.2, -0.15) is 0 Å². The summed E-state index contributed by atoms with van der Waals surface area (Å²) in [5.41, 5.74) is 0. The summed E-state index contributed by atoms with van der Waals surface area (Å²) in [4.78, 5) is 0. The van der Waals surface area contributed by atoms with Crippen LogP contribution < -0.4 is 0 Å². The van der Waals surface area contributed by atoms with Gasteiger partial charge >= 0.3 is 325 Å². The molecule has 26 N–H and O–H groups in total. The zero-order valence-electron chi connectivity index (χ0n) is 6.50. The molecular weight excluding hydrogens is 461 g/mol. The van der Waals surface area contributed by atoms with Crippen LogP contribution >= 0.6 is 0 Å². The molecule has 0 heterocycles. The molecule has 0 aliphatic heterocycles. The Bertz CT molecular complexity index is 23.9. The molecule has 0 rings (SSSR count). The van der Waals surface area contributed by atoms with E-state index in [1.54, 1.807) is 0 Å². The van der Waals surface area contributed by atoms with Crippen LogP contribution in [0.3, 0.4) is 0 Å². The second kappa shape index (κ2) is 322. The summed E-state index contributed by atoms with van der Waals surface area (Å²) < 4.78 is 0. The van der Waals surface area contributed by atoms with E-state index in [1.807, 2.05) is 0 Å². The van der Waals surface area contributed by atoms with Gasteiger partial charge in [0.05, 0.1) is 0 Å². The Balaban J connectivity index is 0. The van der Waals surface area contributed by atoms with E-state index in [4.69, 9.17) is 0 Å². The molecule has 0 unspecified atom stereocenters. The van der Waals surface area contributed by atoms with Crippen molar-refractivity contribution in [3.05, 3.63) is 0 Å². The van der Waals surface area contributed by atoms with Gasteiger partial charge in [-0.3, -0.25) is 0 Å². The van der Waals surface area contributed by atoms with Gasteiger partial charge < -0.3 is 71.2 Å². The Morgan fingerprint density at radius 3 is 0.0833 bits per heavy atom. The Morgan fingerprint density at radius 2 is 0.0833 bits per heavy atom. The van der Waals surface area contributed by atoms with E-state index in [0.717, 1.165) is 0 Å². The van der Waals surface area contributed by atoms with Crippen LogP contribution in [0.2, 0.25) is 0 Å². The zero-order chi connectivity index (χ0) is 0. The molecule has 0 saturated heterocycles. The first kappa shape index (κ1) is 352. The first-order valence-corrected chi connectivity index (χ1v) is 0. The summed E-state index contributed by atoms with van der Waals surface area (Å²) in [7, 11) is 0. The van der Waals surface area contributed by atoms with Crippen LogP contribution in [-0.2, 0) is 0 Å². The van der Waals surface area contributed by atoms with Crippen molar-refractivity contribution in [2.45, 2.75) is 0 Å². The van der Waals surface area contributed by atoms with Crippen LogP contribution in [0, 0.1) is 0 Å². The molecule has 0 atom stereocenters. The van der Waals surface area contributed by atoms with Crippen LogP contribution in [0.15, 0.2) is 0 Å². The summed E-state index contributed by atoms with van der Waals surface area (Å²) in [5, 5.41) is 0. The fourth-order valence-corrected chi connectivity index (χ4v) is 0. The van der Waals surface area contributed by atoms with Crippen molar-refractivity contribution in [1.29, 1.82) is 0 Å². The Hall–Kier alpha value is 10.5. The van der Waals surface area contributed by atoms with E-state index in [0.29, 0.717) is 0 Å². The minimum atomic E-state index is 0. The van der Waals surface area contributed by atoms with Crippen molar-refractivity contribution in [3.8, 4) is 0 Å². The third-order valence-corrected chi connectivity index (χ3v) is 0. The molecule has 0 aliphatic rings. The standard InChI is InChI=1S/11Na.13H2O.11H/h;;;;;;;;;;;13*1H2;;;;;;;;;;;. The van der Waals surface area contributed by atoms with E-state index in [9.17, 15) is 0 Å². The molecule has 0 aliphatic carbocycles. The molecule has 0 saturated carbocycles. The number of hydrogen-bond donors (Lipinski definition) is 0. The molecule has 0 radical (unpaired) electrons. The minimum absolute atomic E-state index is 0. The molecule has 0 spiro atoms. The van der Waals surface area contributed by atoms with Crippen LogP contribution in [0.25, 0.3) is 0 Å². The van der Waals surface area contributed by atoms with Crippen LogP contribution in [0.4, 0.5) is 0 Å². The second-order valence-corrected chi connectivity index (χ2v) is 0.